The second-order valence-corrected chi connectivity index (χ2v) is 11.0. The Bertz CT molecular complexity index is 1220. The summed E-state index contributed by atoms with van der Waals surface area (Å²) in [6.07, 6.45) is 5.09. The van der Waals surface area contributed by atoms with Crippen LogP contribution < -0.4 is 9.54 Å². The molecule has 0 unspecified atom stereocenters. The molecule has 1 saturated heterocycles. The molecule has 1 fully saturated rings. The van der Waals surface area contributed by atoms with Crippen molar-refractivity contribution in [3.8, 4) is 17.0 Å². The van der Waals surface area contributed by atoms with Crippen molar-refractivity contribution in [2.75, 3.05) is 20.2 Å². The van der Waals surface area contributed by atoms with Crippen LogP contribution in [0.2, 0.25) is 0 Å². The summed E-state index contributed by atoms with van der Waals surface area (Å²) >= 11 is 1.60. The van der Waals surface area contributed by atoms with E-state index >= 15 is 0 Å². The van der Waals surface area contributed by atoms with Gasteiger partial charge >= 0.3 is 0 Å². The average Bonchev–Trinajstić information content (AvgIpc) is 3.26. The fraction of sp³-hybridized carbons (Fsp3) is 0.400. The maximum Gasteiger partial charge on any atom is 0.243 e. The maximum atomic E-state index is 13.0. The largest absolute Gasteiger partial charge is 0.497 e. The zero-order valence-electron chi connectivity index (χ0n) is 19.2. The molecule has 33 heavy (non-hydrogen) atoms. The summed E-state index contributed by atoms with van der Waals surface area (Å²) < 4.78 is 35.1. The van der Waals surface area contributed by atoms with Gasteiger partial charge in [0.1, 0.15) is 5.75 Å². The van der Waals surface area contributed by atoms with E-state index in [9.17, 15) is 8.42 Å². The molecule has 0 aliphatic carbocycles. The molecule has 1 aliphatic heterocycles. The van der Waals surface area contributed by atoms with Crippen molar-refractivity contribution in [2.24, 2.45) is 4.99 Å². The molecular weight excluding hydrogens is 454 g/mol. The minimum Gasteiger partial charge on any atom is -0.497 e. The highest BCUT2D eigenvalue weighted by Gasteiger charge is 2.25. The fourth-order valence-corrected chi connectivity index (χ4v) is 6.47. The van der Waals surface area contributed by atoms with Crippen LogP contribution in [0.4, 0.5) is 5.69 Å². The van der Waals surface area contributed by atoms with Crippen LogP contribution in [0.15, 0.2) is 63.8 Å². The van der Waals surface area contributed by atoms with Crippen molar-refractivity contribution < 1.29 is 13.2 Å². The number of rotatable bonds is 8. The van der Waals surface area contributed by atoms with Gasteiger partial charge in [0, 0.05) is 25.0 Å². The molecule has 3 aromatic rings. The molecule has 2 aromatic carbocycles. The molecule has 0 amide bonds. The third kappa shape index (κ3) is 5.39. The number of methoxy groups -OCH3 is 1. The van der Waals surface area contributed by atoms with Crippen LogP contribution in [-0.2, 0) is 16.6 Å². The number of piperidine rings is 1. The minimum absolute atomic E-state index is 0.367. The lowest BCUT2D eigenvalue weighted by Crippen LogP contribution is -2.35. The van der Waals surface area contributed by atoms with E-state index in [1.54, 1.807) is 34.9 Å². The second-order valence-electron chi connectivity index (χ2n) is 8.21. The van der Waals surface area contributed by atoms with Gasteiger partial charge < -0.3 is 9.30 Å². The first kappa shape index (κ1) is 23.7. The summed E-state index contributed by atoms with van der Waals surface area (Å²) in [4.78, 5) is 6.15. The Hall–Kier alpha value is -2.42. The molecule has 0 bridgehead atoms. The first-order valence-corrected chi connectivity index (χ1v) is 13.8. The Kier molecular flexibility index (Phi) is 7.67. The molecule has 0 spiro atoms. The van der Waals surface area contributed by atoms with Crippen LogP contribution in [0, 0.1) is 0 Å². The number of thiazole rings is 1. The van der Waals surface area contributed by atoms with Crippen molar-refractivity contribution in [2.45, 2.75) is 50.5 Å². The van der Waals surface area contributed by atoms with E-state index in [2.05, 4.69) is 16.9 Å². The quantitative estimate of drug-likeness (QED) is 0.427. The minimum atomic E-state index is -3.43. The van der Waals surface area contributed by atoms with Crippen LogP contribution in [0.25, 0.3) is 11.3 Å². The van der Waals surface area contributed by atoms with E-state index in [4.69, 9.17) is 9.73 Å². The Labute approximate surface area is 200 Å². The highest BCUT2D eigenvalue weighted by atomic mass is 32.2. The van der Waals surface area contributed by atoms with Gasteiger partial charge in [-0.15, -0.1) is 11.3 Å². The van der Waals surface area contributed by atoms with Crippen LogP contribution in [0.1, 0.15) is 39.0 Å². The molecule has 4 rings (SSSR count). The molecule has 8 heteroatoms. The van der Waals surface area contributed by atoms with Gasteiger partial charge in [-0.25, -0.2) is 13.4 Å². The van der Waals surface area contributed by atoms with E-state index in [1.807, 2.05) is 36.4 Å². The average molecular weight is 486 g/mol. The first-order chi connectivity index (χ1) is 16.0. The van der Waals surface area contributed by atoms with E-state index in [1.165, 1.54) is 0 Å². The van der Waals surface area contributed by atoms with Gasteiger partial charge in [0.25, 0.3) is 0 Å². The molecule has 6 nitrogen and oxygen atoms in total. The number of nitrogens with zero attached hydrogens (tertiary/aromatic N) is 3. The molecular formula is C25H31N3O3S2. The molecule has 0 N–H and O–H groups in total. The monoisotopic (exact) mass is 485 g/mol. The summed E-state index contributed by atoms with van der Waals surface area (Å²) in [5, 5.41) is 2.10. The van der Waals surface area contributed by atoms with E-state index < -0.39 is 10.0 Å². The molecule has 0 radical (unpaired) electrons. The van der Waals surface area contributed by atoms with E-state index in [0.29, 0.717) is 18.0 Å². The molecule has 1 aliphatic rings. The van der Waals surface area contributed by atoms with Gasteiger partial charge in [-0.3, -0.25) is 0 Å². The van der Waals surface area contributed by atoms with Gasteiger partial charge in [-0.1, -0.05) is 31.9 Å². The molecule has 2 heterocycles. The molecule has 0 saturated carbocycles. The molecule has 176 valence electrons. The van der Waals surface area contributed by atoms with Crippen LogP contribution in [-0.4, -0.2) is 37.5 Å². The molecule has 1 aromatic heterocycles. The predicted octanol–water partition coefficient (Wildman–Crippen LogP) is 5.43. The second kappa shape index (κ2) is 10.7. The van der Waals surface area contributed by atoms with Crippen molar-refractivity contribution in [3.63, 3.8) is 0 Å². The van der Waals surface area contributed by atoms with Crippen molar-refractivity contribution in [3.05, 3.63) is 58.7 Å². The van der Waals surface area contributed by atoms with E-state index in [-0.39, 0.29) is 0 Å². The SMILES string of the molecule is CCCCn1c(-c2ccc(S(=O)(=O)N3CCCCC3)cc2)csc1=Nc1ccc(OC)cc1. The highest BCUT2D eigenvalue weighted by Crippen LogP contribution is 2.26. The van der Waals surface area contributed by atoms with Crippen molar-refractivity contribution in [1.29, 1.82) is 0 Å². The highest BCUT2D eigenvalue weighted by molar-refractivity contribution is 7.89. The van der Waals surface area contributed by atoms with E-state index in [0.717, 1.165) is 66.1 Å². The Morgan fingerprint density at radius 1 is 1.00 bits per heavy atom. The zero-order valence-corrected chi connectivity index (χ0v) is 20.9. The van der Waals surface area contributed by atoms with Gasteiger partial charge in [-0.2, -0.15) is 4.31 Å². The lowest BCUT2D eigenvalue weighted by Gasteiger charge is -2.25. The van der Waals surface area contributed by atoms with Crippen LogP contribution in [0.5, 0.6) is 5.75 Å². The Morgan fingerprint density at radius 3 is 2.33 bits per heavy atom. The Morgan fingerprint density at radius 2 is 1.70 bits per heavy atom. The number of hydrogen-bond donors (Lipinski definition) is 0. The number of hydrogen-bond acceptors (Lipinski definition) is 5. The number of aromatic nitrogens is 1. The zero-order chi connectivity index (χ0) is 23.3. The van der Waals surface area contributed by atoms with Crippen LogP contribution >= 0.6 is 11.3 Å². The standard InChI is InChI=1S/C25H31N3O3S2/c1-3-4-18-28-24(19-32-25(28)26-21-10-12-22(31-2)13-11-21)20-8-14-23(15-9-20)33(29,30)27-16-6-5-7-17-27/h8-15,19H,3-7,16-18H2,1-2H3. The fourth-order valence-electron chi connectivity index (χ4n) is 4.00. The first-order valence-electron chi connectivity index (χ1n) is 11.5. The Balaban J connectivity index is 1.66. The van der Waals surface area contributed by atoms with Gasteiger partial charge in [0.05, 0.1) is 23.4 Å². The predicted molar refractivity (Wildman–Crippen MR) is 133 cm³/mol. The summed E-state index contributed by atoms with van der Waals surface area (Å²) in [6.45, 7) is 4.26. The third-order valence-corrected chi connectivity index (χ3v) is 8.71. The smallest absolute Gasteiger partial charge is 0.243 e. The van der Waals surface area contributed by atoms with Gasteiger partial charge in [-0.05, 0) is 61.2 Å². The third-order valence-electron chi connectivity index (χ3n) is 5.93. The lowest BCUT2D eigenvalue weighted by molar-refractivity contribution is 0.346. The summed E-state index contributed by atoms with van der Waals surface area (Å²) in [5.41, 5.74) is 2.93. The topological polar surface area (TPSA) is 63.9 Å². The van der Waals surface area contributed by atoms with Gasteiger partial charge in [0.2, 0.25) is 10.0 Å². The summed E-state index contributed by atoms with van der Waals surface area (Å²) in [6, 6.07) is 15.0. The van der Waals surface area contributed by atoms with Crippen LogP contribution in [0.3, 0.4) is 0 Å². The summed E-state index contributed by atoms with van der Waals surface area (Å²) in [5.74, 6) is 0.805. The normalized spacial score (nSPS) is 15.6. The number of benzene rings is 2. The molecule has 0 atom stereocenters. The number of unbranched alkanes of at least 4 members (excludes halogenated alkanes) is 1. The van der Waals surface area contributed by atoms with Crippen molar-refractivity contribution >= 4 is 27.0 Å². The summed E-state index contributed by atoms with van der Waals surface area (Å²) in [7, 11) is -1.77. The van der Waals surface area contributed by atoms with Gasteiger partial charge in [0.15, 0.2) is 4.80 Å². The van der Waals surface area contributed by atoms with Crippen molar-refractivity contribution in [1.82, 2.24) is 8.87 Å². The lowest BCUT2D eigenvalue weighted by atomic mass is 10.1. The number of sulfonamides is 1. The maximum absolute atomic E-state index is 13.0. The number of ether oxygens (including phenoxy) is 1.